The van der Waals surface area contributed by atoms with E-state index in [1.807, 2.05) is 36.5 Å². The van der Waals surface area contributed by atoms with Crippen molar-refractivity contribution in [3.63, 3.8) is 0 Å². The predicted molar refractivity (Wildman–Crippen MR) is 79.3 cm³/mol. The summed E-state index contributed by atoms with van der Waals surface area (Å²) in [5.41, 5.74) is 2.12. The van der Waals surface area contributed by atoms with Gasteiger partial charge in [0.2, 0.25) is 0 Å². The van der Waals surface area contributed by atoms with E-state index in [1.165, 1.54) is 19.3 Å². The Kier molecular flexibility index (Phi) is 5.42. The molecule has 1 heterocycles. The zero-order chi connectivity index (χ0) is 13.3. The predicted octanol–water partition coefficient (Wildman–Crippen LogP) is 4.71. The highest BCUT2D eigenvalue weighted by atomic mass is 16.5. The molecular weight excluding hydrogens is 234 g/mol. The van der Waals surface area contributed by atoms with Gasteiger partial charge in [-0.15, -0.1) is 0 Å². The molecule has 0 aliphatic heterocycles. The van der Waals surface area contributed by atoms with E-state index in [4.69, 9.17) is 4.74 Å². The van der Waals surface area contributed by atoms with Crippen molar-refractivity contribution in [1.29, 1.82) is 0 Å². The first kappa shape index (κ1) is 13.6. The summed E-state index contributed by atoms with van der Waals surface area (Å²) in [4.78, 5) is 4.44. The van der Waals surface area contributed by atoms with Gasteiger partial charge in [0.15, 0.2) is 0 Å². The molecule has 100 valence electrons. The van der Waals surface area contributed by atoms with E-state index < -0.39 is 0 Å². The average Bonchev–Trinajstić information content (AvgIpc) is 2.49. The molecule has 0 aliphatic rings. The molecule has 0 radical (unpaired) electrons. The van der Waals surface area contributed by atoms with Gasteiger partial charge in [0.05, 0.1) is 18.5 Å². The molecule has 2 heteroatoms. The fourth-order valence-corrected chi connectivity index (χ4v) is 1.96. The van der Waals surface area contributed by atoms with Crippen LogP contribution in [0.5, 0.6) is 5.75 Å². The summed E-state index contributed by atoms with van der Waals surface area (Å²) in [5, 5.41) is 0. The van der Waals surface area contributed by atoms with Crippen LogP contribution in [0.1, 0.15) is 32.6 Å². The maximum absolute atomic E-state index is 5.68. The van der Waals surface area contributed by atoms with Crippen molar-refractivity contribution in [2.45, 2.75) is 32.6 Å². The molecule has 1 aromatic carbocycles. The molecule has 0 aliphatic carbocycles. The lowest BCUT2D eigenvalue weighted by Gasteiger charge is -2.06. The van der Waals surface area contributed by atoms with Gasteiger partial charge in [-0.3, -0.25) is 4.98 Å². The van der Waals surface area contributed by atoms with Gasteiger partial charge < -0.3 is 4.74 Å². The zero-order valence-electron chi connectivity index (χ0n) is 11.5. The quantitative estimate of drug-likeness (QED) is 0.668. The largest absolute Gasteiger partial charge is 0.492 e. The van der Waals surface area contributed by atoms with E-state index in [0.717, 1.165) is 30.0 Å². The molecule has 0 N–H and O–H groups in total. The van der Waals surface area contributed by atoms with Crippen LogP contribution in [0.3, 0.4) is 0 Å². The van der Waals surface area contributed by atoms with Gasteiger partial charge >= 0.3 is 0 Å². The Morgan fingerprint density at radius 2 is 1.79 bits per heavy atom. The molecule has 2 nitrogen and oxygen atoms in total. The van der Waals surface area contributed by atoms with Crippen LogP contribution in [0, 0.1) is 0 Å². The molecule has 0 saturated carbocycles. The van der Waals surface area contributed by atoms with E-state index in [0.29, 0.717) is 0 Å². The fraction of sp³-hybridized carbons (Fsp3) is 0.353. The van der Waals surface area contributed by atoms with Crippen molar-refractivity contribution in [3.05, 3.63) is 48.7 Å². The monoisotopic (exact) mass is 255 g/mol. The number of hydrogen-bond acceptors (Lipinski definition) is 2. The Morgan fingerprint density at radius 3 is 2.47 bits per heavy atom. The molecule has 0 amide bonds. The molecule has 0 spiro atoms. The summed E-state index contributed by atoms with van der Waals surface area (Å²) in [6, 6.07) is 14.2. The lowest BCUT2D eigenvalue weighted by molar-refractivity contribution is 0.304. The molecule has 0 saturated heterocycles. The number of pyridine rings is 1. The van der Waals surface area contributed by atoms with Crippen molar-refractivity contribution in [2.75, 3.05) is 6.61 Å². The summed E-state index contributed by atoms with van der Waals surface area (Å²) in [7, 11) is 0. The number of ether oxygens (including phenoxy) is 1. The lowest BCUT2D eigenvalue weighted by atomic mass is 10.1. The Labute approximate surface area is 115 Å². The average molecular weight is 255 g/mol. The van der Waals surface area contributed by atoms with Gasteiger partial charge in [-0.25, -0.2) is 0 Å². The Morgan fingerprint density at radius 1 is 0.947 bits per heavy atom. The number of benzene rings is 1. The first-order valence-corrected chi connectivity index (χ1v) is 7.04. The number of unbranched alkanes of at least 4 members (excludes halogenated alkanes) is 3. The first-order valence-electron chi connectivity index (χ1n) is 7.04. The summed E-state index contributed by atoms with van der Waals surface area (Å²) in [6.45, 7) is 3.00. The highest BCUT2D eigenvalue weighted by Crippen LogP contribution is 2.19. The highest BCUT2D eigenvalue weighted by molar-refractivity contribution is 5.58. The number of hydrogen-bond donors (Lipinski definition) is 0. The maximum Gasteiger partial charge on any atom is 0.137 e. The molecule has 2 rings (SSSR count). The van der Waals surface area contributed by atoms with Gasteiger partial charge in [0.1, 0.15) is 5.75 Å². The number of nitrogens with zero attached hydrogens (tertiary/aromatic N) is 1. The minimum Gasteiger partial charge on any atom is -0.492 e. The Bertz CT molecular complexity index is 464. The summed E-state index contributed by atoms with van der Waals surface area (Å²) in [5.74, 6) is 0.858. The van der Waals surface area contributed by atoms with Crippen molar-refractivity contribution in [2.24, 2.45) is 0 Å². The third-order valence-corrected chi connectivity index (χ3v) is 3.07. The topological polar surface area (TPSA) is 22.1 Å². The molecule has 1 aromatic heterocycles. The van der Waals surface area contributed by atoms with Gasteiger partial charge in [-0.2, -0.15) is 0 Å². The normalized spacial score (nSPS) is 10.4. The zero-order valence-corrected chi connectivity index (χ0v) is 11.5. The van der Waals surface area contributed by atoms with Crippen LogP contribution in [0.25, 0.3) is 11.3 Å². The van der Waals surface area contributed by atoms with Gasteiger partial charge in [-0.1, -0.05) is 56.5 Å². The lowest BCUT2D eigenvalue weighted by Crippen LogP contribution is -1.97. The fourth-order valence-electron chi connectivity index (χ4n) is 1.96. The minimum absolute atomic E-state index is 0.784. The third-order valence-electron chi connectivity index (χ3n) is 3.07. The van der Waals surface area contributed by atoms with E-state index in [9.17, 15) is 0 Å². The molecular formula is C17H21NO. The molecule has 0 atom stereocenters. The third kappa shape index (κ3) is 4.40. The summed E-state index contributed by atoms with van der Waals surface area (Å²) >= 11 is 0. The van der Waals surface area contributed by atoms with Crippen LogP contribution in [-0.4, -0.2) is 11.6 Å². The SMILES string of the molecule is CCCCCCOc1ccc(-c2ccccc2)nc1. The van der Waals surface area contributed by atoms with Crippen LogP contribution in [0.4, 0.5) is 0 Å². The first-order chi connectivity index (χ1) is 9.40. The van der Waals surface area contributed by atoms with E-state index in [1.54, 1.807) is 0 Å². The van der Waals surface area contributed by atoms with Crippen molar-refractivity contribution >= 4 is 0 Å². The highest BCUT2D eigenvalue weighted by Gasteiger charge is 1.99. The van der Waals surface area contributed by atoms with E-state index >= 15 is 0 Å². The second-order valence-corrected chi connectivity index (χ2v) is 4.65. The smallest absolute Gasteiger partial charge is 0.137 e. The number of rotatable bonds is 7. The van der Waals surface area contributed by atoms with Crippen LogP contribution in [-0.2, 0) is 0 Å². The summed E-state index contributed by atoms with van der Waals surface area (Å²) < 4.78 is 5.68. The number of aromatic nitrogens is 1. The van der Waals surface area contributed by atoms with Crippen molar-refractivity contribution in [3.8, 4) is 17.0 Å². The molecule has 19 heavy (non-hydrogen) atoms. The van der Waals surface area contributed by atoms with Crippen LogP contribution >= 0.6 is 0 Å². The van der Waals surface area contributed by atoms with Crippen molar-refractivity contribution < 1.29 is 4.74 Å². The molecule has 2 aromatic rings. The van der Waals surface area contributed by atoms with Gasteiger partial charge in [0.25, 0.3) is 0 Å². The molecule has 0 unspecified atom stereocenters. The van der Waals surface area contributed by atoms with E-state index in [2.05, 4.69) is 24.0 Å². The second kappa shape index (κ2) is 7.57. The Balaban J connectivity index is 1.85. The maximum atomic E-state index is 5.68. The molecule has 0 fully saturated rings. The van der Waals surface area contributed by atoms with Crippen molar-refractivity contribution in [1.82, 2.24) is 4.98 Å². The van der Waals surface area contributed by atoms with E-state index in [-0.39, 0.29) is 0 Å². The molecule has 0 bridgehead atoms. The van der Waals surface area contributed by atoms with Gasteiger partial charge in [0, 0.05) is 5.56 Å². The second-order valence-electron chi connectivity index (χ2n) is 4.65. The Hall–Kier alpha value is -1.83. The van der Waals surface area contributed by atoms with Crippen LogP contribution in [0.2, 0.25) is 0 Å². The minimum atomic E-state index is 0.784. The van der Waals surface area contributed by atoms with Crippen LogP contribution in [0.15, 0.2) is 48.7 Å². The van der Waals surface area contributed by atoms with Gasteiger partial charge in [-0.05, 0) is 18.6 Å². The summed E-state index contributed by atoms with van der Waals surface area (Å²) in [6.07, 6.45) is 6.71. The van der Waals surface area contributed by atoms with Crippen LogP contribution < -0.4 is 4.74 Å². The standard InChI is InChI=1S/C17H21NO/c1-2-3-4-8-13-19-16-11-12-17(18-14-16)15-9-6-5-7-10-15/h5-7,9-12,14H,2-4,8,13H2,1H3.